The molecule has 1 aromatic heterocycles. The number of methoxy groups -OCH3 is 1. The minimum Gasteiger partial charge on any atom is -0.496 e. The minimum absolute atomic E-state index is 0.0754. The van der Waals surface area contributed by atoms with Crippen LogP contribution >= 0.6 is 0 Å². The number of carbonyl (C=O) groups is 1. The van der Waals surface area contributed by atoms with Crippen LogP contribution in [0.1, 0.15) is 18.2 Å². The molecule has 2 rings (SSSR count). The van der Waals surface area contributed by atoms with Gasteiger partial charge in [-0.05, 0) is 49.7 Å². The summed E-state index contributed by atoms with van der Waals surface area (Å²) in [5, 5.41) is 2.61. The van der Waals surface area contributed by atoms with Crippen LogP contribution in [-0.4, -0.2) is 27.5 Å². The number of aryl methyl sites for hydroxylation is 1. The van der Waals surface area contributed by atoms with Gasteiger partial charge in [-0.3, -0.25) is 4.79 Å². The van der Waals surface area contributed by atoms with Crippen LogP contribution in [0, 0.1) is 6.92 Å². The molecule has 2 N–H and O–H groups in total. The highest BCUT2D eigenvalue weighted by Crippen LogP contribution is 2.21. The fraction of sp³-hybridized carbons (Fsp3) is 0.312. The van der Waals surface area contributed by atoms with Crippen molar-refractivity contribution in [3.05, 3.63) is 47.9 Å². The maximum atomic E-state index is 12.4. The molecule has 7 nitrogen and oxygen atoms in total. The van der Waals surface area contributed by atoms with Crippen LogP contribution in [0.4, 0.5) is 0 Å². The topological polar surface area (TPSA) is 97.6 Å². The van der Waals surface area contributed by atoms with Crippen molar-refractivity contribution in [2.75, 3.05) is 7.11 Å². The molecule has 0 fully saturated rings. The maximum Gasteiger partial charge on any atom is 0.241 e. The molecule has 0 radical (unpaired) electrons. The number of amides is 1. The smallest absolute Gasteiger partial charge is 0.241 e. The number of rotatable bonds is 7. The summed E-state index contributed by atoms with van der Waals surface area (Å²) < 4.78 is 37.3. The Bertz CT molecular complexity index is 800. The Kier molecular flexibility index (Phi) is 5.63. The minimum atomic E-state index is -3.81. The molecule has 130 valence electrons. The summed E-state index contributed by atoms with van der Waals surface area (Å²) in [6, 6.07) is 7.00. The zero-order valence-corrected chi connectivity index (χ0v) is 14.5. The van der Waals surface area contributed by atoms with Gasteiger partial charge in [0.2, 0.25) is 15.9 Å². The standard InChI is InChI=1S/C16H20N2O5S/c1-11-9-14(6-7-15(11)22-3)24(20,21)18-12(2)16(19)17-10-13-5-4-8-23-13/h4-9,12,18H,10H2,1-3H3,(H,17,19)/t12-/m0/s1. The Balaban J connectivity index is 2.02. The molecule has 0 aliphatic rings. The van der Waals surface area contributed by atoms with E-state index in [0.29, 0.717) is 17.1 Å². The van der Waals surface area contributed by atoms with Crippen LogP contribution in [0.2, 0.25) is 0 Å². The second-order valence-corrected chi connectivity index (χ2v) is 6.99. The zero-order valence-electron chi connectivity index (χ0n) is 13.7. The molecule has 0 aliphatic heterocycles. The highest BCUT2D eigenvalue weighted by atomic mass is 32.2. The highest BCUT2D eigenvalue weighted by molar-refractivity contribution is 7.89. The van der Waals surface area contributed by atoms with Gasteiger partial charge >= 0.3 is 0 Å². The molecule has 1 atom stereocenters. The summed E-state index contributed by atoms with van der Waals surface area (Å²) >= 11 is 0. The van der Waals surface area contributed by atoms with Crippen molar-refractivity contribution in [1.29, 1.82) is 0 Å². The molecule has 0 saturated carbocycles. The number of hydrogen-bond acceptors (Lipinski definition) is 5. The molecule has 0 saturated heterocycles. The molecule has 0 unspecified atom stereocenters. The molecule has 0 aliphatic carbocycles. The van der Waals surface area contributed by atoms with Gasteiger partial charge in [-0.15, -0.1) is 0 Å². The highest BCUT2D eigenvalue weighted by Gasteiger charge is 2.22. The molecular formula is C16H20N2O5S. The Morgan fingerprint density at radius 3 is 2.67 bits per heavy atom. The summed E-state index contributed by atoms with van der Waals surface area (Å²) in [7, 11) is -2.30. The number of sulfonamides is 1. The Labute approximate surface area is 141 Å². The third-order valence-corrected chi connectivity index (χ3v) is 4.96. The first-order valence-electron chi connectivity index (χ1n) is 7.30. The third kappa shape index (κ3) is 4.36. The Morgan fingerprint density at radius 2 is 2.08 bits per heavy atom. The molecule has 24 heavy (non-hydrogen) atoms. The SMILES string of the molecule is COc1ccc(S(=O)(=O)N[C@@H](C)C(=O)NCc2ccco2)cc1C. The van der Waals surface area contributed by atoms with Crippen LogP contribution in [0.25, 0.3) is 0 Å². The first-order chi connectivity index (χ1) is 11.3. The van der Waals surface area contributed by atoms with Crippen molar-refractivity contribution in [2.24, 2.45) is 0 Å². The number of ether oxygens (including phenoxy) is 1. The van der Waals surface area contributed by atoms with Crippen molar-refractivity contribution >= 4 is 15.9 Å². The number of benzene rings is 1. The van der Waals surface area contributed by atoms with E-state index in [0.717, 1.165) is 0 Å². The monoisotopic (exact) mass is 352 g/mol. The van der Waals surface area contributed by atoms with Gasteiger partial charge in [0.1, 0.15) is 11.5 Å². The number of hydrogen-bond donors (Lipinski definition) is 2. The summed E-state index contributed by atoms with van der Waals surface area (Å²) in [5.74, 6) is 0.739. The van der Waals surface area contributed by atoms with E-state index in [1.807, 2.05) is 0 Å². The first kappa shape index (κ1) is 18.0. The maximum absolute atomic E-state index is 12.4. The van der Waals surface area contributed by atoms with E-state index in [1.165, 1.54) is 32.4 Å². The molecule has 1 amide bonds. The van der Waals surface area contributed by atoms with Gasteiger partial charge in [-0.25, -0.2) is 8.42 Å². The van der Waals surface area contributed by atoms with Gasteiger partial charge in [0, 0.05) is 0 Å². The second kappa shape index (κ2) is 7.50. The first-order valence-corrected chi connectivity index (χ1v) is 8.79. The van der Waals surface area contributed by atoms with E-state index in [9.17, 15) is 13.2 Å². The molecule has 1 aromatic carbocycles. The Morgan fingerprint density at radius 1 is 1.33 bits per heavy atom. The largest absolute Gasteiger partial charge is 0.496 e. The van der Waals surface area contributed by atoms with Crippen LogP contribution in [0.15, 0.2) is 45.9 Å². The number of carbonyl (C=O) groups excluding carboxylic acids is 1. The predicted octanol–water partition coefficient (Wildman–Crippen LogP) is 1.58. The van der Waals surface area contributed by atoms with Gasteiger partial charge in [-0.2, -0.15) is 4.72 Å². The lowest BCUT2D eigenvalue weighted by atomic mass is 10.2. The van der Waals surface area contributed by atoms with E-state index in [1.54, 1.807) is 25.1 Å². The molecule has 0 spiro atoms. The Hall–Kier alpha value is -2.32. The van der Waals surface area contributed by atoms with E-state index < -0.39 is 22.0 Å². The number of furan rings is 1. The summed E-state index contributed by atoms with van der Waals surface area (Å²) in [4.78, 5) is 12.1. The van der Waals surface area contributed by atoms with Crippen molar-refractivity contribution in [2.45, 2.75) is 31.3 Å². The van der Waals surface area contributed by atoms with Crippen molar-refractivity contribution in [3.8, 4) is 5.75 Å². The molecule has 8 heteroatoms. The third-order valence-electron chi connectivity index (χ3n) is 3.42. The molecule has 1 heterocycles. The molecule has 0 bridgehead atoms. The van der Waals surface area contributed by atoms with E-state index >= 15 is 0 Å². The second-order valence-electron chi connectivity index (χ2n) is 5.27. The normalized spacial score (nSPS) is 12.6. The van der Waals surface area contributed by atoms with Gasteiger partial charge in [0.25, 0.3) is 0 Å². The quantitative estimate of drug-likeness (QED) is 0.788. The summed E-state index contributed by atoms with van der Waals surface area (Å²) in [6.45, 7) is 3.42. The van der Waals surface area contributed by atoms with Crippen LogP contribution in [0.5, 0.6) is 5.75 Å². The van der Waals surface area contributed by atoms with E-state index in [-0.39, 0.29) is 11.4 Å². The predicted molar refractivity (Wildman–Crippen MR) is 88.1 cm³/mol. The van der Waals surface area contributed by atoms with E-state index in [2.05, 4.69) is 10.0 Å². The van der Waals surface area contributed by atoms with Gasteiger partial charge in [0.05, 0.1) is 30.9 Å². The van der Waals surface area contributed by atoms with Crippen LogP contribution in [0.3, 0.4) is 0 Å². The lowest BCUT2D eigenvalue weighted by Crippen LogP contribution is -2.44. The van der Waals surface area contributed by atoms with Gasteiger partial charge in [-0.1, -0.05) is 0 Å². The average molecular weight is 352 g/mol. The molecular weight excluding hydrogens is 332 g/mol. The van der Waals surface area contributed by atoms with Crippen molar-refractivity contribution in [1.82, 2.24) is 10.0 Å². The average Bonchev–Trinajstić information content (AvgIpc) is 3.05. The van der Waals surface area contributed by atoms with Crippen molar-refractivity contribution < 1.29 is 22.4 Å². The van der Waals surface area contributed by atoms with E-state index in [4.69, 9.17) is 9.15 Å². The fourth-order valence-electron chi connectivity index (χ4n) is 2.11. The molecule has 2 aromatic rings. The lowest BCUT2D eigenvalue weighted by molar-refractivity contribution is -0.122. The fourth-order valence-corrected chi connectivity index (χ4v) is 3.40. The van der Waals surface area contributed by atoms with Crippen molar-refractivity contribution in [3.63, 3.8) is 0 Å². The van der Waals surface area contributed by atoms with Gasteiger partial charge in [0.15, 0.2) is 0 Å². The van der Waals surface area contributed by atoms with Crippen LogP contribution < -0.4 is 14.8 Å². The zero-order chi connectivity index (χ0) is 17.7. The van der Waals surface area contributed by atoms with Gasteiger partial charge < -0.3 is 14.5 Å². The van der Waals surface area contributed by atoms with Crippen LogP contribution in [-0.2, 0) is 21.4 Å². The lowest BCUT2D eigenvalue weighted by Gasteiger charge is -2.15. The summed E-state index contributed by atoms with van der Waals surface area (Å²) in [5.41, 5.74) is 0.690. The number of nitrogens with one attached hydrogen (secondary N) is 2. The summed E-state index contributed by atoms with van der Waals surface area (Å²) in [6.07, 6.45) is 1.50.